The molecule has 2 heterocycles. The largest absolute Gasteiger partial charge is 0.454 e. The molecule has 330 valence electrons. The van der Waals surface area contributed by atoms with Gasteiger partial charge in [-0.15, -0.1) is 0 Å². The molecule has 2 aromatic heterocycles. The zero-order chi connectivity index (χ0) is 46.5. The van der Waals surface area contributed by atoms with Gasteiger partial charge in [0.05, 0.1) is 16.7 Å². The van der Waals surface area contributed by atoms with E-state index >= 15 is 0 Å². The minimum absolute atomic E-state index is 0.0700. The molecule has 13 aromatic rings. The Balaban J connectivity index is 0.821. The lowest BCUT2D eigenvalue weighted by molar-refractivity contribution is 0.660. The average Bonchev–Trinajstić information content (AvgIpc) is 4.05. The highest BCUT2D eigenvalue weighted by atomic mass is 16.3. The van der Waals surface area contributed by atoms with Crippen molar-refractivity contribution in [1.82, 2.24) is 4.57 Å². The van der Waals surface area contributed by atoms with Crippen LogP contribution in [0, 0.1) is 0 Å². The van der Waals surface area contributed by atoms with Crippen molar-refractivity contribution in [3.8, 4) is 50.2 Å². The molecule has 14 rings (SSSR count). The van der Waals surface area contributed by atoms with E-state index in [1.165, 1.54) is 88.3 Å². The molecule has 1 aliphatic carbocycles. The number of hydrogen-bond donors (Lipinski definition) is 0. The molecule has 0 aliphatic heterocycles. The maximum Gasteiger partial charge on any atom is 0.160 e. The second kappa shape index (κ2) is 15.6. The van der Waals surface area contributed by atoms with E-state index in [9.17, 15) is 0 Å². The van der Waals surface area contributed by atoms with Crippen molar-refractivity contribution < 1.29 is 4.42 Å². The van der Waals surface area contributed by atoms with Crippen molar-refractivity contribution in [2.75, 3.05) is 4.90 Å². The number of nitrogens with zero attached hydrogens (tertiary/aromatic N) is 2. The Morgan fingerprint density at radius 3 is 1.67 bits per heavy atom. The minimum Gasteiger partial charge on any atom is -0.454 e. The third kappa shape index (κ3) is 6.21. The number of para-hydroxylation sites is 2. The number of anilines is 3. The van der Waals surface area contributed by atoms with Crippen LogP contribution in [0.1, 0.15) is 25.0 Å². The Labute approximate surface area is 406 Å². The van der Waals surface area contributed by atoms with Crippen LogP contribution in [0.25, 0.3) is 105 Å². The van der Waals surface area contributed by atoms with Crippen LogP contribution < -0.4 is 4.90 Å². The lowest BCUT2D eigenvalue weighted by Crippen LogP contribution is -2.15. The van der Waals surface area contributed by atoms with Crippen LogP contribution in [0.15, 0.2) is 247 Å². The van der Waals surface area contributed by atoms with Crippen LogP contribution in [0.5, 0.6) is 0 Å². The van der Waals surface area contributed by atoms with Gasteiger partial charge in [-0.3, -0.25) is 0 Å². The Morgan fingerprint density at radius 1 is 0.386 bits per heavy atom. The molecule has 0 saturated carbocycles. The molecule has 0 radical (unpaired) electrons. The van der Waals surface area contributed by atoms with Crippen LogP contribution in [-0.2, 0) is 5.41 Å². The van der Waals surface area contributed by atoms with Gasteiger partial charge >= 0.3 is 0 Å². The third-order valence-electron chi connectivity index (χ3n) is 15.0. The van der Waals surface area contributed by atoms with Gasteiger partial charge in [-0.2, -0.15) is 0 Å². The van der Waals surface area contributed by atoms with Gasteiger partial charge < -0.3 is 13.9 Å². The molecule has 1 aliphatic rings. The number of fused-ring (bicyclic) bond motifs is 11. The van der Waals surface area contributed by atoms with Gasteiger partial charge in [0, 0.05) is 44.0 Å². The third-order valence-corrected chi connectivity index (χ3v) is 15.0. The van der Waals surface area contributed by atoms with Crippen LogP contribution in [0.4, 0.5) is 17.1 Å². The normalized spacial score (nSPS) is 12.8. The van der Waals surface area contributed by atoms with Gasteiger partial charge in [0.2, 0.25) is 0 Å². The van der Waals surface area contributed by atoms with Crippen molar-refractivity contribution in [1.29, 1.82) is 0 Å². The molecule has 3 nitrogen and oxygen atoms in total. The summed E-state index contributed by atoms with van der Waals surface area (Å²) in [6.45, 7) is 4.71. The summed E-state index contributed by atoms with van der Waals surface area (Å²) in [7, 11) is 0. The monoisotopic (exact) mass is 894 g/mol. The topological polar surface area (TPSA) is 21.3 Å². The van der Waals surface area contributed by atoms with E-state index in [1.807, 2.05) is 6.07 Å². The molecule has 11 aromatic carbocycles. The molecule has 0 bridgehead atoms. The van der Waals surface area contributed by atoms with E-state index in [0.29, 0.717) is 0 Å². The first kappa shape index (κ1) is 40.2. The summed E-state index contributed by atoms with van der Waals surface area (Å²) in [5.74, 6) is 0. The number of rotatable bonds is 7. The van der Waals surface area contributed by atoms with Crippen molar-refractivity contribution >= 4 is 71.6 Å². The first-order valence-electron chi connectivity index (χ1n) is 24.2. The van der Waals surface area contributed by atoms with Crippen molar-refractivity contribution in [2.45, 2.75) is 19.3 Å². The molecule has 0 spiro atoms. The van der Waals surface area contributed by atoms with Crippen molar-refractivity contribution in [3.63, 3.8) is 0 Å². The molecule has 0 unspecified atom stereocenters. The fourth-order valence-electron chi connectivity index (χ4n) is 11.5. The molecule has 3 heteroatoms. The maximum atomic E-state index is 6.80. The van der Waals surface area contributed by atoms with Gasteiger partial charge in [0.25, 0.3) is 0 Å². The first-order chi connectivity index (χ1) is 34.5. The van der Waals surface area contributed by atoms with Gasteiger partial charge in [0.1, 0.15) is 5.58 Å². The van der Waals surface area contributed by atoms with E-state index < -0.39 is 0 Å². The molecule has 70 heavy (non-hydrogen) atoms. The maximum absolute atomic E-state index is 6.80. The van der Waals surface area contributed by atoms with Gasteiger partial charge in [-0.25, -0.2) is 0 Å². The summed E-state index contributed by atoms with van der Waals surface area (Å²) < 4.78 is 9.25. The summed E-state index contributed by atoms with van der Waals surface area (Å²) in [5, 5.41) is 7.10. The standard InChI is InChI=1S/C67H46N2O/c1-67(2)59-21-11-8-18-54(59)55-38-37-52(42-60(55)67)69-61-22-12-9-19-56(61)58-40-48(32-39-62(58)69)47-26-24-44(25-27-47)46-30-35-51(36-31-46)68(50-33-28-45(29-34-50)43-14-4-3-5-15-43)63-41-49-16-6-7-17-53(49)65-57-20-10-13-23-64(57)70-66(63)65/h3-42H,1-2H3. The Kier molecular flexibility index (Phi) is 8.93. The quantitative estimate of drug-likeness (QED) is 0.159. The number of furan rings is 1. The number of aromatic nitrogens is 1. The smallest absolute Gasteiger partial charge is 0.160 e. The zero-order valence-electron chi connectivity index (χ0n) is 38.9. The predicted octanol–water partition coefficient (Wildman–Crippen LogP) is 18.6. The Morgan fingerprint density at radius 2 is 0.929 bits per heavy atom. The van der Waals surface area contributed by atoms with Gasteiger partial charge in [0.15, 0.2) is 5.58 Å². The Bertz CT molecular complexity index is 4180. The summed E-state index contributed by atoms with van der Waals surface area (Å²) in [6, 6.07) is 88.4. The van der Waals surface area contributed by atoms with E-state index in [4.69, 9.17) is 4.42 Å². The zero-order valence-corrected chi connectivity index (χ0v) is 38.9. The lowest BCUT2D eigenvalue weighted by Gasteiger charge is -2.26. The summed E-state index contributed by atoms with van der Waals surface area (Å²) in [5.41, 5.74) is 20.9. The van der Waals surface area contributed by atoms with Crippen LogP contribution >= 0.6 is 0 Å². The van der Waals surface area contributed by atoms with E-state index in [0.717, 1.165) is 44.6 Å². The highest BCUT2D eigenvalue weighted by Gasteiger charge is 2.35. The second-order valence-electron chi connectivity index (χ2n) is 19.3. The molecule has 0 saturated heterocycles. The molecule has 0 N–H and O–H groups in total. The van der Waals surface area contributed by atoms with Gasteiger partial charge in [-0.1, -0.05) is 190 Å². The van der Waals surface area contributed by atoms with Crippen LogP contribution in [-0.4, -0.2) is 4.57 Å². The average molecular weight is 895 g/mol. The van der Waals surface area contributed by atoms with Crippen molar-refractivity contribution in [3.05, 3.63) is 254 Å². The Hall–Kier alpha value is -8.92. The fraction of sp³-hybridized carbons (Fsp3) is 0.0448. The second-order valence-corrected chi connectivity index (χ2v) is 19.3. The van der Waals surface area contributed by atoms with Crippen LogP contribution in [0.2, 0.25) is 0 Å². The molecular formula is C67H46N2O. The SMILES string of the molecule is CC1(C)c2ccccc2-c2ccc(-n3c4ccccc4c4cc(-c5ccc(-c6ccc(N(c7ccc(-c8ccccc8)cc7)c7cc8ccccc8c8c7oc7ccccc78)cc6)cc5)ccc43)cc21. The minimum atomic E-state index is -0.0700. The van der Waals surface area contributed by atoms with E-state index in [2.05, 4.69) is 260 Å². The van der Waals surface area contributed by atoms with Crippen LogP contribution in [0.3, 0.4) is 0 Å². The number of hydrogen-bond acceptors (Lipinski definition) is 2. The fourth-order valence-corrected chi connectivity index (χ4v) is 11.5. The molecule has 0 atom stereocenters. The molecule has 0 fully saturated rings. The highest BCUT2D eigenvalue weighted by Crippen LogP contribution is 2.50. The summed E-state index contributed by atoms with van der Waals surface area (Å²) in [4.78, 5) is 2.34. The molecular weight excluding hydrogens is 849 g/mol. The van der Waals surface area contributed by atoms with E-state index in [1.54, 1.807) is 0 Å². The van der Waals surface area contributed by atoms with Gasteiger partial charge in [-0.05, 0) is 133 Å². The van der Waals surface area contributed by atoms with Crippen molar-refractivity contribution in [2.24, 2.45) is 0 Å². The first-order valence-corrected chi connectivity index (χ1v) is 24.2. The molecule has 0 amide bonds. The predicted molar refractivity (Wildman–Crippen MR) is 294 cm³/mol. The van der Waals surface area contributed by atoms with E-state index in [-0.39, 0.29) is 5.41 Å². The summed E-state index contributed by atoms with van der Waals surface area (Å²) >= 11 is 0. The summed E-state index contributed by atoms with van der Waals surface area (Å²) in [6.07, 6.45) is 0. The highest BCUT2D eigenvalue weighted by molar-refractivity contribution is 6.23. The number of benzene rings is 11. The lowest BCUT2D eigenvalue weighted by atomic mass is 9.82.